The van der Waals surface area contributed by atoms with Crippen LogP contribution in [-0.2, 0) is 14.3 Å². The van der Waals surface area contributed by atoms with Gasteiger partial charge in [0.15, 0.2) is 0 Å². The molecule has 0 spiro atoms. The Morgan fingerprint density at radius 3 is 2.42 bits per heavy atom. The number of piperidine rings is 1. The van der Waals surface area contributed by atoms with Crippen molar-refractivity contribution in [3.63, 3.8) is 0 Å². The van der Waals surface area contributed by atoms with E-state index in [4.69, 9.17) is 10.00 Å². The summed E-state index contributed by atoms with van der Waals surface area (Å²) in [4.78, 5) is 25.8. The van der Waals surface area contributed by atoms with Gasteiger partial charge in [-0.2, -0.15) is 5.26 Å². The van der Waals surface area contributed by atoms with Gasteiger partial charge < -0.3 is 15.0 Å². The van der Waals surface area contributed by atoms with Gasteiger partial charge >= 0.3 is 0 Å². The Morgan fingerprint density at radius 1 is 1.21 bits per heavy atom. The Bertz CT molecular complexity index is 611. The van der Waals surface area contributed by atoms with Crippen molar-refractivity contribution in [2.24, 2.45) is 11.8 Å². The zero-order chi connectivity index (χ0) is 17.5. The molecule has 2 amide bonds. The predicted molar refractivity (Wildman–Crippen MR) is 90.1 cm³/mol. The largest absolute Gasteiger partial charge is 0.362 e. The molecule has 1 fully saturated rings. The van der Waals surface area contributed by atoms with Crippen molar-refractivity contribution in [3.8, 4) is 6.07 Å². The van der Waals surface area contributed by atoms with Crippen molar-refractivity contribution in [2.75, 3.05) is 31.6 Å². The zero-order valence-electron chi connectivity index (χ0n) is 14.1. The first kappa shape index (κ1) is 18.0. The summed E-state index contributed by atoms with van der Waals surface area (Å²) in [5.74, 6) is 0.599. The number of nitrogens with zero attached hydrogens (tertiary/aromatic N) is 2. The van der Waals surface area contributed by atoms with Crippen LogP contribution in [0, 0.1) is 23.2 Å². The standard InChI is InChI=1S/C18H23N3O3/c1-13-7-14(2)10-21(9-13)18(23)12-24-11-17(22)20-16-5-3-15(8-19)4-6-16/h3-6,13-14H,7,9-12H2,1-2H3,(H,20,22)/t13-,14-/m1/s1. The van der Waals surface area contributed by atoms with E-state index >= 15 is 0 Å². The highest BCUT2D eigenvalue weighted by Crippen LogP contribution is 2.20. The van der Waals surface area contributed by atoms with Crippen LogP contribution in [0.25, 0.3) is 0 Å². The second-order valence-corrected chi connectivity index (χ2v) is 6.47. The maximum absolute atomic E-state index is 12.1. The van der Waals surface area contributed by atoms with E-state index in [9.17, 15) is 9.59 Å². The van der Waals surface area contributed by atoms with E-state index in [1.54, 1.807) is 24.3 Å². The van der Waals surface area contributed by atoms with Gasteiger partial charge in [-0.05, 0) is 42.5 Å². The maximum atomic E-state index is 12.1. The molecule has 0 saturated carbocycles. The van der Waals surface area contributed by atoms with Crippen LogP contribution < -0.4 is 5.32 Å². The van der Waals surface area contributed by atoms with Crippen LogP contribution in [0.2, 0.25) is 0 Å². The lowest BCUT2D eigenvalue weighted by atomic mass is 9.92. The molecule has 0 bridgehead atoms. The van der Waals surface area contributed by atoms with Crippen LogP contribution in [0.4, 0.5) is 5.69 Å². The SMILES string of the molecule is C[C@@H]1C[C@@H](C)CN(C(=O)COCC(=O)Nc2ccc(C#N)cc2)C1. The molecule has 0 unspecified atom stereocenters. The van der Waals surface area contributed by atoms with Crippen molar-refractivity contribution in [3.05, 3.63) is 29.8 Å². The molecule has 1 heterocycles. The van der Waals surface area contributed by atoms with Crippen molar-refractivity contribution in [1.29, 1.82) is 5.26 Å². The molecule has 1 aliphatic heterocycles. The van der Waals surface area contributed by atoms with Gasteiger partial charge in [0.25, 0.3) is 0 Å². The number of carbonyl (C=O) groups excluding carboxylic acids is 2. The van der Waals surface area contributed by atoms with Gasteiger partial charge in [0.1, 0.15) is 13.2 Å². The first-order valence-electron chi connectivity index (χ1n) is 8.13. The molecule has 1 aliphatic rings. The molecule has 1 aromatic carbocycles. The highest BCUT2D eigenvalue weighted by Gasteiger charge is 2.25. The third-order valence-electron chi connectivity index (χ3n) is 3.98. The molecule has 128 valence electrons. The summed E-state index contributed by atoms with van der Waals surface area (Å²) in [6.07, 6.45) is 1.14. The molecule has 6 heteroatoms. The molecule has 1 N–H and O–H groups in total. The van der Waals surface area contributed by atoms with Crippen molar-refractivity contribution in [1.82, 2.24) is 4.90 Å². The predicted octanol–water partition coefficient (Wildman–Crippen LogP) is 2.02. The number of hydrogen-bond acceptors (Lipinski definition) is 4. The molecule has 0 radical (unpaired) electrons. The van der Waals surface area contributed by atoms with E-state index < -0.39 is 0 Å². The lowest BCUT2D eigenvalue weighted by Crippen LogP contribution is -2.44. The molecule has 6 nitrogen and oxygen atoms in total. The number of likely N-dealkylation sites (tertiary alicyclic amines) is 1. The number of ether oxygens (including phenoxy) is 1. The van der Waals surface area contributed by atoms with Crippen LogP contribution in [0.15, 0.2) is 24.3 Å². The maximum Gasteiger partial charge on any atom is 0.250 e. The molecule has 0 aliphatic carbocycles. The molecular formula is C18H23N3O3. The lowest BCUT2D eigenvalue weighted by Gasteiger charge is -2.34. The Balaban J connectivity index is 1.71. The monoisotopic (exact) mass is 329 g/mol. The number of nitriles is 1. The Labute approximate surface area is 142 Å². The fraction of sp³-hybridized carbons (Fsp3) is 0.500. The number of nitrogens with one attached hydrogen (secondary N) is 1. The fourth-order valence-electron chi connectivity index (χ4n) is 3.01. The Kier molecular flexibility index (Phi) is 6.33. The number of hydrogen-bond donors (Lipinski definition) is 1. The van der Waals surface area contributed by atoms with Gasteiger partial charge in [-0.25, -0.2) is 0 Å². The number of anilines is 1. The molecule has 24 heavy (non-hydrogen) atoms. The van der Waals surface area contributed by atoms with E-state index in [1.165, 1.54) is 0 Å². The highest BCUT2D eigenvalue weighted by molar-refractivity contribution is 5.91. The van der Waals surface area contributed by atoms with Gasteiger partial charge in [0.2, 0.25) is 11.8 Å². The molecular weight excluding hydrogens is 306 g/mol. The van der Waals surface area contributed by atoms with Gasteiger partial charge in [0.05, 0.1) is 11.6 Å². The van der Waals surface area contributed by atoms with Crippen molar-refractivity contribution < 1.29 is 14.3 Å². The third kappa shape index (κ3) is 5.36. The second-order valence-electron chi connectivity index (χ2n) is 6.47. The van der Waals surface area contributed by atoms with E-state index in [0.717, 1.165) is 19.5 Å². The van der Waals surface area contributed by atoms with Gasteiger partial charge in [-0.3, -0.25) is 9.59 Å². The summed E-state index contributed by atoms with van der Waals surface area (Å²) in [5.41, 5.74) is 1.12. The minimum atomic E-state index is -0.326. The van der Waals surface area contributed by atoms with Gasteiger partial charge in [0, 0.05) is 18.8 Å². The number of carbonyl (C=O) groups is 2. The average molecular weight is 329 g/mol. The summed E-state index contributed by atoms with van der Waals surface area (Å²) in [7, 11) is 0. The number of amides is 2. The Hall–Kier alpha value is -2.39. The average Bonchev–Trinajstić information content (AvgIpc) is 2.54. The van der Waals surface area contributed by atoms with Crippen LogP contribution in [0.1, 0.15) is 25.8 Å². The quantitative estimate of drug-likeness (QED) is 0.896. The summed E-state index contributed by atoms with van der Waals surface area (Å²) in [6, 6.07) is 8.56. The van der Waals surface area contributed by atoms with Gasteiger partial charge in [-0.1, -0.05) is 13.8 Å². The normalized spacial score (nSPS) is 20.3. The van der Waals surface area contributed by atoms with Crippen LogP contribution in [0.5, 0.6) is 0 Å². The minimum absolute atomic E-state index is 0.0698. The smallest absolute Gasteiger partial charge is 0.250 e. The molecule has 2 rings (SSSR count). The van der Waals surface area contributed by atoms with Crippen LogP contribution in [-0.4, -0.2) is 43.0 Å². The molecule has 2 atom stereocenters. The molecule has 1 aromatic rings. The second kappa shape index (κ2) is 8.46. The topological polar surface area (TPSA) is 82.4 Å². The van der Waals surface area contributed by atoms with Gasteiger partial charge in [-0.15, -0.1) is 0 Å². The summed E-state index contributed by atoms with van der Waals surface area (Å²) in [5, 5.41) is 11.4. The van der Waals surface area contributed by atoms with E-state index in [1.807, 2.05) is 11.0 Å². The molecule has 0 aromatic heterocycles. The summed E-state index contributed by atoms with van der Waals surface area (Å²) >= 11 is 0. The van der Waals surface area contributed by atoms with E-state index in [2.05, 4.69) is 19.2 Å². The first-order valence-corrected chi connectivity index (χ1v) is 8.13. The summed E-state index contributed by atoms with van der Waals surface area (Å²) in [6.45, 7) is 5.53. The van der Waals surface area contributed by atoms with E-state index in [-0.39, 0.29) is 25.0 Å². The van der Waals surface area contributed by atoms with Crippen LogP contribution >= 0.6 is 0 Å². The fourth-order valence-corrected chi connectivity index (χ4v) is 3.01. The first-order chi connectivity index (χ1) is 11.5. The zero-order valence-corrected chi connectivity index (χ0v) is 14.1. The minimum Gasteiger partial charge on any atom is -0.362 e. The number of rotatable bonds is 5. The third-order valence-corrected chi connectivity index (χ3v) is 3.98. The summed E-state index contributed by atoms with van der Waals surface area (Å²) < 4.78 is 5.24. The van der Waals surface area contributed by atoms with E-state index in [0.29, 0.717) is 23.1 Å². The number of benzene rings is 1. The van der Waals surface area contributed by atoms with Crippen LogP contribution in [0.3, 0.4) is 0 Å². The Morgan fingerprint density at radius 2 is 1.83 bits per heavy atom. The lowest BCUT2D eigenvalue weighted by molar-refractivity contribution is -0.140. The van der Waals surface area contributed by atoms with Crippen molar-refractivity contribution >= 4 is 17.5 Å². The van der Waals surface area contributed by atoms with Crippen molar-refractivity contribution in [2.45, 2.75) is 20.3 Å². The molecule has 1 saturated heterocycles. The highest BCUT2D eigenvalue weighted by atomic mass is 16.5.